The Kier molecular flexibility index (Phi) is 5.84. The molecule has 3 rings (SSSR count). The highest BCUT2D eigenvalue weighted by Crippen LogP contribution is 2.42. The van der Waals surface area contributed by atoms with Gasteiger partial charge in [0.2, 0.25) is 0 Å². The van der Waals surface area contributed by atoms with Crippen LogP contribution in [0.15, 0.2) is 36.4 Å². The molecule has 27 heavy (non-hydrogen) atoms. The highest BCUT2D eigenvalue weighted by atomic mass is 16.5. The van der Waals surface area contributed by atoms with E-state index in [2.05, 4.69) is 16.8 Å². The molecule has 6 heteroatoms. The predicted octanol–water partition coefficient (Wildman–Crippen LogP) is 3.96. The van der Waals surface area contributed by atoms with E-state index < -0.39 is 0 Å². The number of hydrogen-bond acceptors (Lipinski definition) is 5. The highest BCUT2D eigenvalue weighted by Gasteiger charge is 2.27. The zero-order valence-electron chi connectivity index (χ0n) is 16.4. The van der Waals surface area contributed by atoms with Crippen molar-refractivity contribution in [1.29, 1.82) is 0 Å². The third kappa shape index (κ3) is 3.99. The average Bonchev–Trinajstić information content (AvgIpc) is 2.72. The third-order valence-corrected chi connectivity index (χ3v) is 5.26. The number of anilines is 2. The lowest BCUT2D eigenvalue weighted by Gasteiger charge is -2.39. The summed E-state index contributed by atoms with van der Waals surface area (Å²) in [6, 6.07) is 11.2. The maximum absolute atomic E-state index is 11.3. The number of piperidine rings is 1. The fourth-order valence-corrected chi connectivity index (χ4v) is 3.69. The van der Waals surface area contributed by atoms with Gasteiger partial charge in [-0.05, 0) is 37.1 Å². The van der Waals surface area contributed by atoms with Crippen molar-refractivity contribution < 1.29 is 19.3 Å². The minimum Gasteiger partial charge on any atom is -0.496 e. The van der Waals surface area contributed by atoms with E-state index in [0.29, 0.717) is 11.8 Å². The zero-order chi connectivity index (χ0) is 19.4. The third-order valence-electron chi connectivity index (χ3n) is 5.26. The van der Waals surface area contributed by atoms with Crippen LogP contribution in [0.3, 0.4) is 0 Å². The molecule has 0 aliphatic carbocycles. The van der Waals surface area contributed by atoms with Gasteiger partial charge in [0.1, 0.15) is 22.9 Å². The van der Waals surface area contributed by atoms with Gasteiger partial charge in [-0.2, -0.15) is 0 Å². The summed E-state index contributed by atoms with van der Waals surface area (Å²) in [5.74, 6) is 2.23. The molecule has 1 saturated heterocycles. The summed E-state index contributed by atoms with van der Waals surface area (Å²) in [5, 5.41) is 11.3. The van der Waals surface area contributed by atoms with E-state index in [-0.39, 0.29) is 5.75 Å². The van der Waals surface area contributed by atoms with E-state index in [9.17, 15) is 5.11 Å². The molecule has 0 aromatic heterocycles. The predicted molar refractivity (Wildman–Crippen MR) is 106 cm³/mol. The van der Waals surface area contributed by atoms with Crippen LogP contribution in [0, 0.1) is 0 Å². The molecule has 1 aliphatic rings. The van der Waals surface area contributed by atoms with E-state index in [0.717, 1.165) is 48.8 Å². The largest absolute Gasteiger partial charge is 0.496 e. The lowest BCUT2D eigenvalue weighted by molar-refractivity contribution is 0.355. The van der Waals surface area contributed by atoms with Crippen LogP contribution in [-0.4, -0.2) is 47.5 Å². The van der Waals surface area contributed by atoms with Crippen molar-refractivity contribution >= 4 is 11.4 Å². The Hall–Kier alpha value is -2.76. The minimum absolute atomic E-state index is 0.0482. The van der Waals surface area contributed by atoms with Crippen LogP contribution in [0.25, 0.3) is 0 Å². The van der Waals surface area contributed by atoms with Crippen LogP contribution in [-0.2, 0) is 5.11 Å². The summed E-state index contributed by atoms with van der Waals surface area (Å²) in [6.07, 6.45) is 2.02. The Labute approximate surface area is 160 Å². The van der Waals surface area contributed by atoms with Gasteiger partial charge >= 0.3 is 0 Å². The second kappa shape index (κ2) is 8.29. The maximum Gasteiger partial charge on any atom is 0.178 e. The average molecular weight is 371 g/mol. The molecule has 1 fully saturated rings. The summed E-state index contributed by atoms with van der Waals surface area (Å²) >= 11 is 0. The fourth-order valence-electron chi connectivity index (χ4n) is 3.69. The monoisotopic (exact) mass is 371 g/mol. The first-order valence-corrected chi connectivity index (χ1v) is 9.12. The van der Waals surface area contributed by atoms with Gasteiger partial charge in [-0.3, -0.25) is 5.11 Å². The Morgan fingerprint density at radius 1 is 0.926 bits per heavy atom. The first-order chi connectivity index (χ1) is 13.1. The molecule has 0 saturated carbocycles. The van der Waals surface area contributed by atoms with Crippen LogP contribution in [0.2, 0.25) is 0 Å². The van der Waals surface area contributed by atoms with Gasteiger partial charge in [0.05, 0.1) is 21.3 Å². The number of rotatable bonds is 6. The van der Waals surface area contributed by atoms with Crippen LogP contribution in [0.1, 0.15) is 12.8 Å². The molecular weight excluding hydrogens is 344 g/mol. The number of ether oxygens (including phenoxy) is 3. The van der Waals surface area contributed by atoms with Crippen molar-refractivity contribution in [2.24, 2.45) is 0 Å². The molecule has 1 aliphatic heterocycles. The van der Waals surface area contributed by atoms with Crippen molar-refractivity contribution in [3.05, 3.63) is 36.4 Å². The summed E-state index contributed by atoms with van der Waals surface area (Å²) in [4.78, 5) is 4.57. The van der Waals surface area contributed by atoms with Gasteiger partial charge in [0, 0.05) is 44.0 Å². The van der Waals surface area contributed by atoms with Gasteiger partial charge in [-0.1, -0.05) is 0 Å². The minimum atomic E-state index is 0.0482. The molecule has 0 bridgehead atoms. The van der Waals surface area contributed by atoms with Gasteiger partial charge < -0.3 is 24.0 Å². The second-order valence-electron chi connectivity index (χ2n) is 6.70. The Morgan fingerprint density at radius 3 is 1.96 bits per heavy atom. The van der Waals surface area contributed by atoms with Crippen molar-refractivity contribution in [3.63, 3.8) is 0 Å². The molecule has 0 spiro atoms. The number of hydrogen-bond donors (Lipinski definition) is 0. The molecule has 6 nitrogen and oxygen atoms in total. The number of methoxy groups -OCH3 is 3. The maximum atomic E-state index is 11.3. The summed E-state index contributed by atoms with van der Waals surface area (Å²) in [6.45, 7) is 1.88. The van der Waals surface area contributed by atoms with Gasteiger partial charge in [-0.25, -0.2) is 0 Å². The van der Waals surface area contributed by atoms with Crippen LogP contribution in [0.4, 0.5) is 11.4 Å². The van der Waals surface area contributed by atoms with Gasteiger partial charge in [-0.15, -0.1) is 0 Å². The van der Waals surface area contributed by atoms with Gasteiger partial charge in [0.25, 0.3) is 0 Å². The molecule has 0 N–H and O–H groups in total. The van der Waals surface area contributed by atoms with E-state index in [1.54, 1.807) is 33.5 Å². The quantitative estimate of drug-likeness (QED) is 0.769. The van der Waals surface area contributed by atoms with E-state index in [4.69, 9.17) is 14.2 Å². The lowest BCUT2D eigenvalue weighted by Crippen LogP contribution is -2.43. The van der Waals surface area contributed by atoms with Crippen molar-refractivity contribution in [2.45, 2.75) is 18.9 Å². The first kappa shape index (κ1) is 19.0. The summed E-state index contributed by atoms with van der Waals surface area (Å²) in [7, 11) is 7.04. The van der Waals surface area contributed by atoms with Crippen LogP contribution >= 0.6 is 0 Å². The Bertz CT molecular complexity index is 730. The molecule has 0 amide bonds. The van der Waals surface area contributed by atoms with Crippen molar-refractivity contribution in [2.75, 3.05) is 51.3 Å². The summed E-state index contributed by atoms with van der Waals surface area (Å²) < 4.78 is 16.5. The van der Waals surface area contributed by atoms with Gasteiger partial charge in [0.15, 0.2) is 5.75 Å². The normalized spacial score (nSPS) is 14.7. The van der Waals surface area contributed by atoms with Crippen molar-refractivity contribution in [3.8, 4) is 23.0 Å². The number of benzene rings is 2. The second-order valence-corrected chi connectivity index (χ2v) is 6.70. The summed E-state index contributed by atoms with van der Waals surface area (Å²) in [5.41, 5.74) is 2.05. The lowest BCUT2D eigenvalue weighted by atomic mass is 10.0. The Morgan fingerprint density at radius 2 is 1.48 bits per heavy atom. The SMILES string of the molecule is COc1cc(OC)c(N(C)C2CCN(c3ccc([O])cc3)CC2)c(OC)c1. The van der Waals surface area contributed by atoms with Crippen molar-refractivity contribution in [1.82, 2.24) is 0 Å². The number of nitrogens with zero attached hydrogens (tertiary/aromatic N) is 2. The van der Waals surface area contributed by atoms with E-state index in [1.165, 1.54) is 0 Å². The molecule has 0 atom stereocenters. The zero-order valence-corrected chi connectivity index (χ0v) is 16.4. The fraction of sp³-hybridized carbons (Fsp3) is 0.429. The molecule has 145 valence electrons. The van der Waals surface area contributed by atoms with Crippen LogP contribution < -0.4 is 24.0 Å². The molecular formula is C21H27N2O4. The van der Waals surface area contributed by atoms with E-state index >= 15 is 0 Å². The molecule has 2 aromatic rings. The first-order valence-electron chi connectivity index (χ1n) is 9.12. The van der Waals surface area contributed by atoms with E-state index in [1.807, 2.05) is 24.3 Å². The Balaban J connectivity index is 1.75. The standard InChI is InChI=1S/C21H27N2O4/c1-22(21-19(26-3)13-18(25-2)14-20(21)27-4)15-9-11-23(12-10-15)16-5-7-17(24)8-6-16/h5-8,13-15H,9-12H2,1-4H3. The molecule has 1 radical (unpaired) electrons. The smallest absolute Gasteiger partial charge is 0.178 e. The molecule has 1 heterocycles. The topological polar surface area (TPSA) is 54.1 Å². The molecule has 0 unspecified atom stereocenters. The molecule has 2 aromatic carbocycles. The highest BCUT2D eigenvalue weighted by molar-refractivity contribution is 5.70. The van der Waals surface area contributed by atoms with Crippen LogP contribution in [0.5, 0.6) is 23.0 Å².